The normalized spacial score (nSPS) is 22.2. The number of carbonyl (C=O) groups excluding carboxylic acids is 2. The third-order valence-corrected chi connectivity index (χ3v) is 9.81. The highest BCUT2D eigenvalue weighted by Crippen LogP contribution is 2.55. The van der Waals surface area contributed by atoms with Gasteiger partial charge in [0.25, 0.3) is 0 Å². The van der Waals surface area contributed by atoms with Gasteiger partial charge < -0.3 is 50.1 Å². The summed E-state index contributed by atoms with van der Waals surface area (Å²) in [5.41, 5.74) is -0.149. The van der Waals surface area contributed by atoms with Crippen molar-refractivity contribution in [3.8, 4) is 5.75 Å². The Balaban J connectivity index is 1.15. The Morgan fingerprint density at radius 1 is 1.00 bits per heavy atom. The van der Waals surface area contributed by atoms with Gasteiger partial charge >= 0.3 is 6.09 Å². The second kappa shape index (κ2) is 16.0. The molecule has 260 valence electrons. The van der Waals surface area contributed by atoms with Gasteiger partial charge in [-0.05, 0) is 57.3 Å². The first-order valence-electron chi connectivity index (χ1n) is 16.2. The fourth-order valence-electron chi connectivity index (χ4n) is 6.71. The molecule has 0 bridgehead atoms. The van der Waals surface area contributed by atoms with Crippen LogP contribution in [-0.2, 0) is 16.0 Å². The molecule has 1 aromatic rings. The number of benzene rings is 1. The minimum absolute atomic E-state index is 0.0236. The molecule has 3 aliphatic rings. The molecule has 2 aliphatic heterocycles. The Hall–Kier alpha value is -2.62. The van der Waals surface area contributed by atoms with Gasteiger partial charge in [0.1, 0.15) is 35.7 Å². The molecule has 5 atom stereocenters. The quantitative estimate of drug-likeness (QED) is 0.159. The topological polar surface area (TPSA) is 172 Å². The first kappa shape index (κ1) is 36.2. The van der Waals surface area contributed by atoms with E-state index in [1.807, 2.05) is 13.8 Å². The summed E-state index contributed by atoms with van der Waals surface area (Å²) in [6.45, 7) is 5.52. The van der Waals surface area contributed by atoms with E-state index in [9.17, 15) is 38.8 Å². The van der Waals surface area contributed by atoms with Crippen molar-refractivity contribution in [3.63, 3.8) is 0 Å². The Morgan fingerprint density at radius 2 is 1.63 bits per heavy atom. The molecular formula is C32H49F2N3O9. The van der Waals surface area contributed by atoms with E-state index in [1.54, 1.807) is 4.90 Å². The van der Waals surface area contributed by atoms with E-state index >= 15 is 0 Å². The number of aliphatic hydroxyl groups excluding tert-OH is 5. The largest absolute Gasteiger partial charge is 0.493 e. The van der Waals surface area contributed by atoms with Gasteiger partial charge in [-0.1, -0.05) is 0 Å². The number of nitrogens with zero attached hydrogens (tertiary/aromatic N) is 2. The second-order valence-corrected chi connectivity index (χ2v) is 13.3. The predicted octanol–water partition coefficient (Wildman–Crippen LogP) is 0.797. The SMILES string of the molecule is CC(C)OC(=O)N1CCC2(CCC2CCOc2cc(F)c(CC(=O)N3CC(CNC[C@H](O)[C@@H](O)[C@H](O)[C@H](O)CO)C3)c(F)c2)CC1. The lowest BCUT2D eigenvalue weighted by atomic mass is 9.55. The van der Waals surface area contributed by atoms with E-state index in [1.165, 1.54) is 4.90 Å². The van der Waals surface area contributed by atoms with Crippen molar-refractivity contribution in [2.24, 2.45) is 17.3 Å². The van der Waals surface area contributed by atoms with Crippen molar-refractivity contribution in [1.82, 2.24) is 15.1 Å². The molecule has 14 heteroatoms. The smallest absolute Gasteiger partial charge is 0.410 e. The zero-order chi connectivity index (χ0) is 33.6. The van der Waals surface area contributed by atoms with Crippen molar-refractivity contribution in [1.29, 1.82) is 0 Å². The molecule has 2 amide bonds. The molecule has 1 unspecified atom stereocenters. The van der Waals surface area contributed by atoms with Crippen LogP contribution in [0.4, 0.5) is 13.6 Å². The molecule has 1 saturated carbocycles. The fraction of sp³-hybridized carbons (Fsp3) is 0.750. The van der Waals surface area contributed by atoms with Gasteiger partial charge in [-0.25, -0.2) is 13.6 Å². The van der Waals surface area contributed by atoms with Crippen molar-refractivity contribution in [2.75, 3.05) is 52.5 Å². The Kier molecular flexibility index (Phi) is 12.6. The molecule has 46 heavy (non-hydrogen) atoms. The van der Waals surface area contributed by atoms with Crippen molar-refractivity contribution in [2.45, 2.75) is 82.9 Å². The molecule has 12 nitrogen and oxygen atoms in total. The number of rotatable bonds is 15. The van der Waals surface area contributed by atoms with E-state index in [0.717, 1.165) is 44.2 Å². The van der Waals surface area contributed by atoms with E-state index < -0.39 is 55.0 Å². The third kappa shape index (κ3) is 8.84. The van der Waals surface area contributed by atoms with Crippen LogP contribution in [0.3, 0.4) is 0 Å². The van der Waals surface area contributed by atoms with Crippen molar-refractivity contribution in [3.05, 3.63) is 29.3 Å². The van der Waals surface area contributed by atoms with E-state index in [4.69, 9.17) is 14.6 Å². The fourth-order valence-corrected chi connectivity index (χ4v) is 6.71. The number of hydrogen-bond donors (Lipinski definition) is 6. The Morgan fingerprint density at radius 3 is 2.20 bits per heavy atom. The minimum Gasteiger partial charge on any atom is -0.493 e. The number of likely N-dealkylation sites (tertiary alicyclic amines) is 2. The molecular weight excluding hydrogens is 608 g/mol. The summed E-state index contributed by atoms with van der Waals surface area (Å²) in [4.78, 5) is 28.1. The summed E-state index contributed by atoms with van der Waals surface area (Å²) in [6.07, 6.45) is -2.49. The van der Waals surface area contributed by atoms with Gasteiger partial charge in [0.05, 0.1) is 31.8 Å². The highest BCUT2D eigenvalue weighted by molar-refractivity contribution is 5.79. The van der Waals surface area contributed by atoms with Crippen LogP contribution in [0.15, 0.2) is 12.1 Å². The summed E-state index contributed by atoms with van der Waals surface area (Å²) in [5, 5.41) is 50.7. The zero-order valence-electron chi connectivity index (χ0n) is 26.6. The van der Waals surface area contributed by atoms with Crippen LogP contribution in [-0.4, -0.2) is 130 Å². The maximum Gasteiger partial charge on any atom is 0.410 e. The van der Waals surface area contributed by atoms with Gasteiger partial charge in [-0.3, -0.25) is 4.79 Å². The van der Waals surface area contributed by atoms with Gasteiger partial charge in [0, 0.05) is 62.9 Å². The molecule has 0 radical (unpaired) electrons. The minimum atomic E-state index is -1.71. The lowest BCUT2D eigenvalue weighted by molar-refractivity contribution is -0.136. The van der Waals surface area contributed by atoms with Crippen LogP contribution in [0.25, 0.3) is 0 Å². The first-order valence-corrected chi connectivity index (χ1v) is 16.2. The summed E-state index contributed by atoms with van der Waals surface area (Å²) < 4.78 is 40.8. The highest BCUT2D eigenvalue weighted by atomic mass is 19.1. The van der Waals surface area contributed by atoms with Crippen LogP contribution in [0, 0.1) is 28.9 Å². The monoisotopic (exact) mass is 657 g/mol. The van der Waals surface area contributed by atoms with Gasteiger partial charge in [-0.15, -0.1) is 0 Å². The van der Waals surface area contributed by atoms with E-state index in [2.05, 4.69) is 5.32 Å². The maximum atomic E-state index is 14.9. The highest BCUT2D eigenvalue weighted by Gasteiger charge is 2.48. The van der Waals surface area contributed by atoms with Crippen LogP contribution in [0.1, 0.15) is 51.5 Å². The summed E-state index contributed by atoms with van der Waals surface area (Å²) in [5.74, 6) is -1.58. The van der Waals surface area contributed by atoms with Crippen molar-refractivity contribution < 1.29 is 53.4 Å². The third-order valence-electron chi connectivity index (χ3n) is 9.81. The van der Waals surface area contributed by atoms with Gasteiger partial charge in [0.15, 0.2) is 0 Å². The summed E-state index contributed by atoms with van der Waals surface area (Å²) >= 11 is 0. The number of halogens is 2. The molecule has 2 saturated heterocycles. The lowest BCUT2D eigenvalue weighted by Gasteiger charge is -2.54. The molecule has 1 aromatic carbocycles. The number of hydrogen-bond acceptors (Lipinski definition) is 10. The lowest BCUT2D eigenvalue weighted by Crippen LogP contribution is -2.55. The number of ether oxygens (including phenoxy) is 2. The Labute approximate surface area is 268 Å². The van der Waals surface area contributed by atoms with Crippen LogP contribution in [0.5, 0.6) is 5.75 Å². The van der Waals surface area contributed by atoms with Gasteiger partial charge in [-0.2, -0.15) is 0 Å². The number of aliphatic hydroxyl groups is 5. The average molecular weight is 658 g/mol. The van der Waals surface area contributed by atoms with Crippen LogP contribution < -0.4 is 10.1 Å². The van der Waals surface area contributed by atoms with E-state index in [0.29, 0.717) is 45.2 Å². The predicted molar refractivity (Wildman–Crippen MR) is 162 cm³/mol. The molecule has 1 spiro atoms. The average Bonchev–Trinajstić information content (AvgIpc) is 2.99. The molecule has 3 fully saturated rings. The molecule has 0 aromatic heterocycles. The number of piperidine rings is 1. The summed E-state index contributed by atoms with van der Waals surface area (Å²) in [6, 6.07) is 2.22. The van der Waals surface area contributed by atoms with Gasteiger partial charge in [0.2, 0.25) is 5.91 Å². The standard InChI is InChI=1S/C32H49F2N3O9/c1-19(2)46-31(44)36-8-6-32(7-9-36)5-3-21(32)4-10-45-22-11-24(33)23(25(34)12-22)13-28(41)37-16-20(17-37)14-35-15-26(39)29(42)30(43)27(40)18-38/h11-12,19-21,26-27,29-30,35,38-40,42-43H,3-10,13-18H2,1-2H3/t21?,26-,27+,29+,30+/m0/s1. The Bertz CT molecular complexity index is 1150. The number of nitrogens with one attached hydrogen (secondary N) is 1. The van der Waals surface area contributed by atoms with Crippen molar-refractivity contribution >= 4 is 12.0 Å². The van der Waals surface area contributed by atoms with E-state index in [-0.39, 0.29) is 41.4 Å². The molecule has 1 aliphatic carbocycles. The maximum absolute atomic E-state index is 14.9. The zero-order valence-corrected chi connectivity index (χ0v) is 26.6. The first-order chi connectivity index (χ1) is 21.8. The molecule has 4 rings (SSSR count). The second-order valence-electron chi connectivity index (χ2n) is 13.3. The number of amides is 2. The summed E-state index contributed by atoms with van der Waals surface area (Å²) in [7, 11) is 0. The van der Waals surface area contributed by atoms with Crippen LogP contribution in [0.2, 0.25) is 0 Å². The van der Waals surface area contributed by atoms with Crippen LogP contribution >= 0.6 is 0 Å². The molecule has 2 heterocycles. The number of carbonyl (C=O) groups is 2. The molecule has 6 N–H and O–H groups in total.